The lowest BCUT2D eigenvalue weighted by Gasteiger charge is -2.31. The number of methoxy groups -OCH3 is 2. The molecule has 1 aliphatic rings. The van der Waals surface area contributed by atoms with Crippen molar-refractivity contribution in [2.24, 2.45) is 5.92 Å². The Morgan fingerprint density at radius 1 is 1.24 bits per heavy atom. The molecule has 3 rings (SSSR count). The number of carbonyl (C=O) groups excluding carboxylic acids is 1. The van der Waals surface area contributed by atoms with E-state index in [1.54, 1.807) is 20.3 Å². The minimum absolute atomic E-state index is 0.0286. The second-order valence-electron chi connectivity index (χ2n) is 7.50. The van der Waals surface area contributed by atoms with Crippen LogP contribution in [-0.2, 0) is 17.9 Å². The summed E-state index contributed by atoms with van der Waals surface area (Å²) in [5.74, 6) is 3.07. The highest BCUT2D eigenvalue weighted by Gasteiger charge is 2.21. The van der Waals surface area contributed by atoms with Gasteiger partial charge in [0, 0.05) is 31.4 Å². The molecule has 0 saturated carbocycles. The average Bonchev–Trinajstić information content (AvgIpc) is 3.20. The van der Waals surface area contributed by atoms with E-state index in [4.69, 9.17) is 9.47 Å². The van der Waals surface area contributed by atoms with Crippen LogP contribution < -0.4 is 14.8 Å². The number of aromatic nitrogens is 2. The highest BCUT2D eigenvalue weighted by atomic mass is 16.5. The predicted octanol–water partition coefficient (Wildman–Crippen LogP) is 3.55. The van der Waals surface area contributed by atoms with Crippen LogP contribution in [0.3, 0.4) is 0 Å². The largest absolute Gasteiger partial charge is 0.497 e. The Balaban J connectivity index is 1.41. The van der Waals surface area contributed by atoms with Crippen LogP contribution in [0.1, 0.15) is 38.4 Å². The molecule has 0 radical (unpaired) electrons. The number of ether oxygens (including phenoxy) is 2. The van der Waals surface area contributed by atoms with Gasteiger partial charge in [0.05, 0.1) is 26.5 Å². The zero-order valence-electron chi connectivity index (χ0n) is 17.7. The summed E-state index contributed by atoms with van der Waals surface area (Å²) in [7, 11) is 3.20. The van der Waals surface area contributed by atoms with Gasteiger partial charge in [-0.2, -0.15) is 0 Å². The van der Waals surface area contributed by atoms with Crippen molar-refractivity contribution in [2.45, 2.75) is 45.7 Å². The Kier molecular flexibility index (Phi) is 7.52. The molecule has 0 spiro atoms. The Hall–Kier alpha value is -2.54. The molecule has 0 bridgehead atoms. The van der Waals surface area contributed by atoms with E-state index < -0.39 is 0 Å². The molecule has 7 nitrogen and oxygen atoms in total. The van der Waals surface area contributed by atoms with Gasteiger partial charge in [-0.1, -0.05) is 0 Å². The third-order valence-corrected chi connectivity index (χ3v) is 5.68. The van der Waals surface area contributed by atoms with Gasteiger partial charge in [-0.3, -0.25) is 9.69 Å². The lowest BCUT2D eigenvalue weighted by Crippen LogP contribution is -2.34. The highest BCUT2D eigenvalue weighted by molar-refractivity contribution is 5.92. The smallest absolute Gasteiger partial charge is 0.224 e. The van der Waals surface area contributed by atoms with E-state index in [-0.39, 0.29) is 5.91 Å². The van der Waals surface area contributed by atoms with E-state index in [9.17, 15) is 4.79 Å². The fourth-order valence-corrected chi connectivity index (χ4v) is 3.86. The quantitative estimate of drug-likeness (QED) is 0.697. The van der Waals surface area contributed by atoms with Gasteiger partial charge in [0.25, 0.3) is 0 Å². The molecule has 1 aliphatic heterocycles. The fourth-order valence-electron chi connectivity index (χ4n) is 3.86. The van der Waals surface area contributed by atoms with Gasteiger partial charge in [0.1, 0.15) is 17.3 Å². The number of piperidine rings is 1. The Labute approximate surface area is 173 Å². The molecule has 1 fully saturated rings. The molecule has 1 aromatic heterocycles. The molecule has 1 aromatic carbocycles. The topological polar surface area (TPSA) is 68.6 Å². The van der Waals surface area contributed by atoms with E-state index in [0.717, 1.165) is 51.3 Å². The third kappa shape index (κ3) is 5.73. The van der Waals surface area contributed by atoms with Crippen molar-refractivity contribution in [1.29, 1.82) is 0 Å². The number of benzene rings is 1. The van der Waals surface area contributed by atoms with E-state index in [1.165, 1.54) is 0 Å². The van der Waals surface area contributed by atoms with Crippen LogP contribution in [0.15, 0.2) is 30.6 Å². The Bertz CT molecular complexity index is 797. The summed E-state index contributed by atoms with van der Waals surface area (Å²) in [5, 5.41) is 2.96. The first-order valence-electron chi connectivity index (χ1n) is 10.4. The summed E-state index contributed by atoms with van der Waals surface area (Å²) in [5.41, 5.74) is 0.680. The van der Waals surface area contributed by atoms with Crippen LogP contribution >= 0.6 is 0 Å². The standard InChI is InChI=1S/C22H32N4O3/c1-4-26-14-11-23-21(26)16-25-12-9-17(10-13-25)5-8-22(27)24-19-7-6-18(28-2)15-20(19)29-3/h6-7,11,14-15,17H,4-5,8-10,12-13,16H2,1-3H3,(H,24,27). The maximum absolute atomic E-state index is 12.4. The van der Waals surface area contributed by atoms with Crippen molar-refractivity contribution in [2.75, 3.05) is 32.6 Å². The Morgan fingerprint density at radius 2 is 2.03 bits per heavy atom. The van der Waals surface area contributed by atoms with Crippen molar-refractivity contribution in [3.63, 3.8) is 0 Å². The first kappa shape index (κ1) is 21.2. The number of hydrogen-bond donors (Lipinski definition) is 1. The van der Waals surface area contributed by atoms with Gasteiger partial charge in [-0.15, -0.1) is 0 Å². The molecule has 0 unspecified atom stereocenters. The summed E-state index contributed by atoms with van der Waals surface area (Å²) in [6.45, 7) is 6.14. The van der Waals surface area contributed by atoms with Gasteiger partial charge in [0.15, 0.2) is 0 Å². The molecule has 2 heterocycles. The van der Waals surface area contributed by atoms with Crippen LogP contribution in [0.4, 0.5) is 5.69 Å². The monoisotopic (exact) mass is 400 g/mol. The zero-order chi connectivity index (χ0) is 20.6. The number of rotatable bonds is 9. The molecule has 0 aliphatic carbocycles. The van der Waals surface area contributed by atoms with E-state index in [0.29, 0.717) is 29.5 Å². The van der Waals surface area contributed by atoms with Gasteiger partial charge < -0.3 is 19.4 Å². The molecule has 0 atom stereocenters. The molecule has 158 valence electrons. The number of nitrogens with one attached hydrogen (secondary N) is 1. The second kappa shape index (κ2) is 10.3. The first-order chi connectivity index (χ1) is 14.1. The third-order valence-electron chi connectivity index (χ3n) is 5.68. The number of aryl methyl sites for hydroxylation is 1. The summed E-state index contributed by atoms with van der Waals surface area (Å²) < 4.78 is 12.7. The summed E-state index contributed by atoms with van der Waals surface area (Å²) in [6, 6.07) is 5.40. The summed E-state index contributed by atoms with van der Waals surface area (Å²) >= 11 is 0. The minimum Gasteiger partial charge on any atom is -0.497 e. The van der Waals surface area contributed by atoms with Crippen LogP contribution in [-0.4, -0.2) is 47.7 Å². The molecule has 29 heavy (non-hydrogen) atoms. The number of likely N-dealkylation sites (tertiary alicyclic amines) is 1. The van der Waals surface area contributed by atoms with E-state index in [1.807, 2.05) is 24.5 Å². The summed E-state index contributed by atoms with van der Waals surface area (Å²) in [4.78, 5) is 19.3. The van der Waals surface area contributed by atoms with Gasteiger partial charge in [0.2, 0.25) is 5.91 Å². The predicted molar refractivity (Wildman–Crippen MR) is 113 cm³/mol. The first-order valence-corrected chi connectivity index (χ1v) is 10.4. The Morgan fingerprint density at radius 3 is 2.72 bits per heavy atom. The SMILES string of the molecule is CCn1ccnc1CN1CCC(CCC(=O)Nc2ccc(OC)cc2OC)CC1. The molecular weight excluding hydrogens is 368 g/mol. The van der Waals surface area contributed by atoms with E-state index in [2.05, 4.69) is 26.7 Å². The van der Waals surface area contributed by atoms with Crippen molar-refractivity contribution >= 4 is 11.6 Å². The fraction of sp³-hybridized carbons (Fsp3) is 0.545. The molecule has 1 saturated heterocycles. The van der Waals surface area contributed by atoms with Crippen LogP contribution in [0.2, 0.25) is 0 Å². The number of amides is 1. The van der Waals surface area contributed by atoms with Crippen molar-refractivity contribution < 1.29 is 14.3 Å². The molecule has 7 heteroatoms. The highest BCUT2D eigenvalue weighted by Crippen LogP contribution is 2.29. The minimum atomic E-state index is 0.0286. The number of nitrogens with zero attached hydrogens (tertiary/aromatic N) is 3. The maximum atomic E-state index is 12.4. The number of carbonyl (C=O) groups is 1. The molecular formula is C22H32N4O3. The second-order valence-corrected chi connectivity index (χ2v) is 7.50. The number of imidazole rings is 1. The van der Waals surface area contributed by atoms with Crippen LogP contribution in [0.5, 0.6) is 11.5 Å². The maximum Gasteiger partial charge on any atom is 0.224 e. The molecule has 1 N–H and O–H groups in total. The molecule has 2 aromatic rings. The van der Waals surface area contributed by atoms with Crippen molar-refractivity contribution in [1.82, 2.24) is 14.5 Å². The average molecular weight is 401 g/mol. The molecule has 1 amide bonds. The normalized spacial score (nSPS) is 15.3. The lowest BCUT2D eigenvalue weighted by molar-refractivity contribution is -0.116. The summed E-state index contributed by atoms with van der Waals surface area (Å²) in [6.07, 6.45) is 7.63. The van der Waals surface area contributed by atoms with Crippen molar-refractivity contribution in [3.8, 4) is 11.5 Å². The van der Waals surface area contributed by atoms with Crippen molar-refractivity contribution in [3.05, 3.63) is 36.4 Å². The van der Waals surface area contributed by atoms with Gasteiger partial charge in [-0.05, 0) is 57.3 Å². The van der Waals surface area contributed by atoms with Gasteiger partial charge in [-0.25, -0.2) is 4.98 Å². The van der Waals surface area contributed by atoms with E-state index >= 15 is 0 Å². The van der Waals surface area contributed by atoms with Gasteiger partial charge >= 0.3 is 0 Å². The zero-order valence-corrected chi connectivity index (χ0v) is 17.7. The number of hydrogen-bond acceptors (Lipinski definition) is 5. The number of anilines is 1. The van der Waals surface area contributed by atoms with Crippen LogP contribution in [0, 0.1) is 5.92 Å². The van der Waals surface area contributed by atoms with Crippen LogP contribution in [0.25, 0.3) is 0 Å². The lowest BCUT2D eigenvalue weighted by atomic mass is 9.92.